The predicted octanol–water partition coefficient (Wildman–Crippen LogP) is 5.27. The Morgan fingerprint density at radius 1 is 1.00 bits per heavy atom. The number of benzene rings is 3. The first-order valence-electron chi connectivity index (χ1n) is 11.0. The van der Waals surface area contributed by atoms with Crippen molar-refractivity contribution in [3.8, 4) is 34.1 Å². The number of methoxy groups -OCH3 is 2. The minimum Gasteiger partial charge on any atom is -0.507 e. The average molecular weight is 497 g/mol. The number of ether oxygens (including phenoxy) is 2. The van der Waals surface area contributed by atoms with Gasteiger partial charge in [-0.15, -0.1) is 0 Å². The van der Waals surface area contributed by atoms with Crippen molar-refractivity contribution in [3.63, 3.8) is 0 Å². The van der Waals surface area contributed by atoms with Crippen molar-refractivity contribution < 1.29 is 38.4 Å². The Morgan fingerprint density at radius 3 is 2.31 bits per heavy atom. The molecule has 3 aromatic carbocycles. The van der Waals surface area contributed by atoms with Crippen LogP contribution in [-0.4, -0.2) is 46.7 Å². The maximum atomic E-state index is 14.6. The van der Waals surface area contributed by atoms with E-state index in [-0.39, 0.29) is 40.3 Å². The number of fused-ring (bicyclic) bond motifs is 1. The molecule has 188 valence electrons. The summed E-state index contributed by atoms with van der Waals surface area (Å²) in [7, 11) is 2.66. The average Bonchev–Trinajstić information content (AvgIpc) is 3.20. The molecule has 0 fully saturated rings. The van der Waals surface area contributed by atoms with Crippen molar-refractivity contribution in [2.24, 2.45) is 0 Å². The molecule has 0 unspecified atom stereocenters. The van der Waals surface area contributed by atoms with E-state index in [1.54, 1.807) is 24.5 Å². The third kappa shape index (κ3) is 4.01. The molecule has 1 heterocycles. The molecule has 0 spiro atoms. The number of nitrogens with zero attached hydrogens (tertiary/aromatic N) is 1. The Balaban J connectivity index is 2.22. The van der Waals surface area contributed by atoms with Crippen LogP contribution in [0, 0.1) is 11.6 Å². The molecule has 9 heteroatoms. The van der Waals surface area contributed by atoms with E-state index in [2.05, 4.69) is 0 Å². The number of rotatable bonds is 7. The van der Waals surface area contributed by atoms with Crippen LogP contribution in [0.3, 0.4) is 0 Å². The van der Waals surface area contributed by atoms with Crippen LogP contribution >= 0.6 is 0 Å². The number of aromatic carboxylic acids is 1. The van der Waals surface area contributed by atoms with E-state index in [0.29, 0.717) is 22.5 Å². The summed E-state index contributed by atoms with van der Waals surface area (Å²) in [5.74, 6) is -2.80. The first-order chi connectivity index (χ1) is 17.0. The second-order valence-corrected chi connectivity index (χ2v) is 8.96. The minimum absolute atomic E-state index is 0.0447. The van der Waals surface area contributed by atoms with Gasteiger partial charge in [-0.3, -0.25) is 0 Å². The van der Waals surface area contributed by atoms with Gasteiger partial charge in [-0.05, 0) is 35.9 Å². The van der Waals surface area contributed by atoms with Crippen LogP contribution in [0.5, 0.6) is 17.2 Å². The highest BCUT2D eigenvalue weighted by atomic mass is 19.1. The molecular weight excluding hydrogens is 472 g/mol. The van der Waals surface area contributed by atoms with Crippen LogP contribution < -0.4 is 9.47 Å². The van der Waals surface area contributed by atoms with Gasteiger partial charge in [0.2, 0.25) is 0 Å². The topological polar surface area (TPSA) is 101 Å². The van der Waals surface area contributed by atoms with E-state index in [0.717, 1.165) is 6.07 Å². The van der Waals surface area contributed by atoms with Gasteiger partial charge in [-0.1, -0.05) is 19.9 Å². The number of carbonyl (C=O) groups is 1. The molecule has 7 nitrogen and oxygen atoms in total. The highest BCUT2D eigenvalue weighted by molar-refractivity contribution is 6.04. The number of hydrogen-bond acceptors (Lipinski definition) is 5. The number of aromatic hydroxyl groups is 1. The summed E-state index contributed by atoms with van der Waals surface area (Å²) in [4.78, 5) is 11.6. The molecule has 1 aromatic heterocycles. The first-order valence-corrected chi connectivity index (χ1v) is 11.0. The lowest BCUT2D eigenvalue weighted by Crippen LogP contribution is -2.26. The maximum Gasteiger partial charge on any atom is 0.339 e. The minimum atomic E-state index is -1.18. The number of carboxylic acids is 1. The molecule has 0 saturated heterocycles. The summed E-state index contributed by atoms with van der Waals surface area (Å²) in [6.07, 6.45) is 0. The molecule has 0 atom stereocenters. The van der Waals surface area contributed by atoms with Gasteiger partial charge in [0.05, 0.1) is 31.7 Å². The summed E-state index contributed by atoms with van der Waals surface area (Å²) in [5, 5.41) is 31.0. The first kappa shape index (κ1) is 25.0. The van der Waals surface area contributed by atoms with Gasteiger partial charge < -0.3 is 29.4 Å². The Labute approximate surface area is 205 Å². The number of aliphatic hydroxyl groups excluding tert-OH is 1. The molecule has 0 radical (unpaired) electrons. The van der Waals surface area contributed by atoms with Crippen molar-refractivity contribution in [1.82, 2.24) is 4.57 Å². The highest BCUT2D eigenvalue weighted by Gasteiger charge is 2.33. The van der Waals surface area contributed by atoms with Crippen molar-refractivity contribution in [1.29, 1.82) is 0 Å². The largest absolute Gasteiger partial charge is 0.507 e. The van der Waals surface area contributed by atoms with Crippen molar-refractivity contribution >= 4 is 16.9 Å². The summed E-state index contributed by atoms with van der Waals surface area (Å²) >= 11 is 0. The molecule has 0 saturated carbocycles. The zero-order valence-corrected chi connectivity index (χ0v) is 20.1. The number of halogens is 2. The van der Waals surface area contributed by atoms with Crippen molar-refractivity contribution in [3.05, 3.63) is 71.4 Å². The van der Waals surface area contributed by atoms with Crippen LogP contribution in [0.25, 0.3) is 27.7 Å². The van der Waals surface area contributed by atoms with E-state index in [1.807, 2.05) is 0 Å². The second-order valence-electron chi connectivity index (χ2n) is 8.96. The maximum absolute atomic E-state index is 14.6. The van der Waals surface area contributed by atoms with Gasteiger partial charge in [0.25, 0.3) is 0 Å². The smallest absolute Gasteiger partial charge is 0.339 e. The van der Waals surface area contributed by atoms with Gasteiger partial charge >= 0.3 is 5.97 Å². The molecule has 0 aliphatic rings. The zero-order valence-electron chi connectivity index (χ0n) is 20.1. The van der Waals surface area contributed by atoms with Gasteiger partial charge in [0, 0.05) is 34.5 Å². The molecule has 0 amide bonds. The van der Waals surface area contributed by atoms with Crippen LogP contribution in [0.15, 0.2) is 48.5 Å². The number of phenols is 1. The number of hydrogen-bond donors (Lipinski definition) is 3. The molecule has 3 N–H and O–H groups in total. The van der Waals surface area contributed by atoms with E-state index in [4.69, 9.17) is 9.47 Å². The second kappa shape index (κ2) is 9.16. The third-order valence-corrected chi connectivity index (χ3v) is 6.16. The van der Waals surface area contributed by atoms with E-state index >= 15 is 0 Å². The van der Waals surface area contributed by atoms with E-state index in [9.17, 15) is 28.9 Å². The van der Waals surface area contributed by atoms with Gasteiger partial charge in [-0.2, -0.15) is 0 Å². The molecule has 4 aromatic rings. The number of carboxylic acid groups (broad SMARTS) is 1. The fourth-order valence-electron chi connectivity index (χ4n) is 4.44. The van der Waals surface area contributed by atoms with Crippen LogP contribution in [0.4, 0.5) is 8.78 Å². The zero-order chi connectivity index (χ0) is 26.4. The molecule has 0 aliphatic carbocycles. The quantitative estimate of drug-likeness (QED) is 0.322. The molecular formula is C27H25F2NO6. The SMILES string of the molecule is COc1cc(-n2c(C(C)(C)CO)c(-c3ccc(C(=O)O)c(OC)c3)c3c(O)cc(F)cc32)ccc1F. The third-order valence-electron chi connectivity index (χ3n) is 6.16. The number of aromatic nitrogens is 1. The predicted molar refractivity (Wildman–Crippen MR) is 130 cm³/mol. The lowest BCUT2D eigenvalue weighted by molar-refractivity contribution is 0.0693. The molecule has 0 bridgehead atoms. The Kier molecular flexibility index (Phi) is 6.36. The monoisotopic (exact) mass is 497 g/mol. The summed E-state index contributed by atoms with van der Waals surface area (Å²) in [5.41, 5.74) is 1.01. The molecule has 4 rings (SSSR count). The number of aliphatic hydroxyl groups is 1. The Morgan fingerprint density at radius 2 is 1.69 bits per heavy atom. The van der Waals surface area contributed by atoms with Gasteiger partial charge in [0.15, 0.2) is 11.6 Å². The summed E-state index contributed by atoms with van der Waals surface area (Å²) < 4.78 is 40.9. The van der Waals surface area contributed by atoms with Crippen LogP contribution in [0.1, 0.15) is 29.9 Å². The van der Waals surface area contributed by atoms with Crippen LogP contribution in [0.2, 0.25) is 0 Å². The fraction of sp³-hybridized carbons (Fsp3) is 0.222. The Bertz CT molecular complexity index is 1490. The lowest BCUT2D eigenvalue weighted by atomic mass is 9.84. The standard InChI is InChI=1S/C27H25F2NO6/c1-27(2,13-31)25-23(14-5-7-17(26(33)34)21(9-14)35-3)24-19(10-15(28)11-20(24)32)30(25)16-6-8-18(29)22(12-16)36-4/h5-12,31-32H,13H2,1-4H3,(H,33,34). The van der Waals surface area contributed by atoms with Crippen molar-refractivity contribution in [2.45, 2.75) is 19.3 Å². The van der Waals surface area contributed by atoms with E-state index in [1.165, 1.54) is 50.6 Å². The summed E-state index contributed by atoms with van der Waals surface area (Å²) in [6.45, 7) is 3.19. The lowest BCUT2D eigenvalue weighted by Gasteiger charge is -2.27. The van der Waals surface area contributed by atoms with Crippen molar-refractivity contribution in [2.75, 3.05) is 20.8 Å². The fourth-order valence-corrected chi connectivity index (χ4v) is 4.44. The van der Waals surface area contributed by atoms with Gasteiger partial charge in [0.1, 0.15) is 22.9 Å². The van der Waals surface area contributed by atoms with Gasteiger partial charge in [-0.25, -0.2) is 13.6 Å². The highest BCUT2D eigenvalue weighted by Crippen LogP contribution is 2.47. The Hall–Kier alpha value is -4.11. The van der Waals surface area contributed by atoms with Crippen LogP contribution in [-0.2, 0) is 5.41 Å². The normalized spacial score (nSPS) is 11.6. The summed E-state index contributed by atoms with van der Waals surface area (Å²) in [6, 6.07) is 10.8. The molecule has 36 heavy (non-hydrogen) atoms. The number of phenolic OH excluding ortho intramolecular Hbond substituents is 1. The molecule has 0 aliphatic heterocycles. The van der Waals surface area contributed by atoms with E-state index < -0.39 is 23.0 Å².